The lowest BCUT2D eigenvalue weighted by atomic mass is 10.0. The van der Waals surface area contributed by atoms with E-state index >= 15 is 0 Å². The third-order valence-electron chi connectivity index (χ3n) is 5.85. The quantitative estimate of drug-likeness (QED) is 0.439. The Kier molecular flexibility index (Phi) is 5.14. The zero-order valence-corrected chi connectivity index (χ0v) is 16.9. The smallest absolute Gasteiger partial charge is 0.128 e. The Morgan fingerprint density at radius 3 is 2.90 bits per heavy atom. The average molecular weight is 397 g/mol. The Morgan fingerprint density at radius 1 is 0.967 bits per heavy atom. The van der Waals surface area contributed by atoms with Crippen molar-refractivity contribution in [1.29, 1.82) is 0 Å². The number of nitrogens with zero attached hydrogens (tertiary/aromatic N) is 2. The predicted molar refractivity (Wildman–Crippen MR) is 119 cm³/mol. The molecule has 1 aliphatic rings. The molecule has 30 heavy (non-hydrogen) atoms. The number of hydrogen-bond donors (Lipinski definition) is 1. The summed E-state index contributed by atoms with van der Waals surface area (Å²) in [5.41, 5.74) is 7.34. The fourth-order valence-corrected chi connectivity index (χ4v) is 4.22. The van der Waals surface area contributed by atoms with Gasteiger partial charge in [0.15, 0.2) is 0 Å². The van der Waals surface area contributed by atoms with Crippen molar-refractivity contribution in [2.24, 2.45) is 0 Å². The number of aryl methyl sites for hydroxylation is 4. The molecule has 0 aliphatic heterocycles. The number of H-pyrrole nitrogens is 1. The Hall–Kier alpha value is -3.27. The third-order valence-corrected chi connectivity index (χ3v) is 5.85. The van der Waals surface area contributed by atoms with Crippen molar-refractivity contribution in [3.63, 3.8) is 0 Å². The maximum atomic E-state index is 13.5. The molecule has 2 aromatic carbocycles. The van der Waals surface area contributed by atoms with Gasteiger partial charge in [-0.2, -0.15) is 0 Å². The highest BCUT2D eigenvalue weighted by Gasteiger charge is 2.08. The number of rotatable bonds is 7. The molecule has 0 radical (unpaired) electrons. The molecule has 0 fully saturated rings. The molecular weight excluding hydrogens is 373 g/mol. The van der Waals surface area contributed by atoms with Crippen molar-refractivity contribution in [3.8, 4) is 0 Å². The van der Waals surface area contributed by atoms with Gasteiger partial charge in [-0.25, -0.2) is 14.4 Å². The molecule has 0 unspecified atom stereocenters. The minimum absolute atomic E-state index is 0.196. The zero-order chi connectivity index (χ0) is 20.3. The second-order valence-electron chi connectivity index (χ2n) is 7.96. The van der Waals surface area contributed by atoms with E-state index in [2.05, 4.69) is 40.3 Å². The lowest BCUT2D eigenvalue weighted by Gasteiger charge is -2.06. The van der Waals surface area contributed by atoms with E-state index in [0.717, 1.165) is 66.5 Å². The fraction of sp³-hybridized carbons (Fsp3) is 0.231. The molecule has 0 saturated heterocycles. The second kappa shape index (κ2) is 8.23. The first-order chi connectivity index (χ1) is 14.7. The molecule has 1 aliphatic carbocycles. The number of benzene rings is 2. The van der Waals surface area contributed by atoms with Gasteiger partial charge >= 0.3 is 0 Å². The second-order valence-corrected chi connectivity index (χ2v) is 7.96. The molecule has 4 aromatic rings. The highest BCUT2D eigenvalue weighted by molar-refractivity contribution is 5.83. The van der Waals surface area contributed by atoms with Gasteiger partial charge in [-0.3, -0.25) is 0 Å². The van der Waals surface area contributed by atoms with E-state index in [9.17, 15) is 4.39 Å². The lowest BCUT2D eigenvalue weighted by molar-refractivity contribution is 0.629. The van der Waals surface area contributed by atoms with Crippen molar-refractivity contribution < 1.29 is 4.39 Å². The summed E-state index contributed by atoms with van der Waals surface area (Å²) in [7, 11) is 0. The van der Waals surface area contributed by atoms with Crippen LogP contribution in [-0.4, -0.2) is 15.0 Å². The van der Waals surface area contributed by atoms with Crippen LogP contribution < -0.4 is 0 Å². The molecule has 150 valence electrons. The Balaban J connectivity index is 1.18. The molecule has 1 N–H and O–H groups in total. The summed E-state index contributed by atoms with van der Waals surface area (Å²) in [6.07, 6.45) is 13.9. The van der Waals surface area contributed by atoms with Crippen LogP contribution in [-0.2, 0) is 32.1 Å². The first kappa shape index (κ1) is 18.7. The van der Waals surface area contributed by atoms with Crippen LogP contribution in [0.3, 0.4) is 0 Å². The van der Waals surface area contributed by atoms with Gasteiger partial charge < -0.3 is 4.98 Å². The first-order valence-corrected chi connectivity index (χ1v) is 10.6. The van der Waals surface area contributed by atoms with Crippen molar-refractivity contribution >= 4 is 17.0 Å². The number of aromatic amines is 1. The lowest BCUT2D eigenvalue weighted by Crippen LogP contribution is -2.02. The Labute approximate surface area is 175 Å². The summed E-state index contributed by atoms with van der Waals surface area (Å²) in [5, 5.41) is 0.967. The van der Waals surface area contributed by atoms with E-state index in [0.29, 0.717) is 0 Å². The number of nitrogens with one attached hydrogen (secondary N) is 1. The third kappa shape index (κ3) is 4.04. The summed E-state index contributed by atoms with van der Waals surface area (Å²) in [4.78, 5) is 12.4. The summed E-state index contributed by atoms with van der Waals surface area (Å²) < 4.78 is 13.5. The number of aromatic nitrogens is 3. The number of allylic oxidation sites excluding steroid dienone is 1. The van der Waals surface area contributed by atoms with Gasteiger partial charge in [-0.15, -0.1) is 0 Å². The summed E-state index contributed by atoms with van der Waals surface area (Å²) >= 11 is 0. The zero-order valence-electron chi connectivity index (χ0n) is 16.9. The van der Waals surface area contributed by atoms with Crippen LogP contribution in [0.2, 0.25) is 0 Å². The maximum absolute atomic E-state index is 13.5. The van der Waals surface area contributed by atoms with Crippen LogP contribution in [0, 0.1) is 5.82 Å². The molecule has 3 nitrogen and oxygen atoms in total. The van der Waals surface area contributed by atoms with Gasteiger partial charge in [-0.1, -0.05) is 30.4 Å². The minimum atomic E-state index is -0.196. The van der Waals surface area contributed by atoms with E-state index in [1.165, 1.54) is 22.8 Å². The summed E-state index contributed by atoms with van der Waals surface area (Å²) in [6, 6.07) is 13.7. The fourth-order valence-electron chi connectivity index (χ4n) is 4.22. The van der Waals surface area contributed by atoms with Gasteiger partial charge in [0.25, 0.3) is 0 Å². The predicted octanol–water partition coefficient (Wildman–Crippen LogP) is 5.63. The van der Waals surface area contributed by atoms with E-state index < -0.39 is 0 Å². The Morgan fingerprint density at radius 2 is 1.93 bits per heavy atom. The SMILES string of the molecule is Fc1ccc2[nH]cc(CCCc3nccc(CCc4ccc5c(c4)C=CC5)n3)c2c1. The van der Waals surface area contributed by atoms with Crippen LogP contribution in [0.25, 0.3) is 17.0 Å². The normalized spacial score (nSPS) is 12.6. The molecule has 0 amide bonds. The summed E-state index contributed by atoms with van der Waals surface area (Å²) in [6.45, 7) is 0. The topological polar surface area (TPSA) is 41.6 Å². The Bertz CT molecular complexity index is 1220. The molecule has 0 atom stereocenters. The van der Waals surface area contributed by atoms with Crippen LogP contribution in [0.15, 0.2) is 60.9 Å². The van der Waals surface area contributed by atoms with E-state index in [1.807, 2.05) is 18.5 Å². The average Bonchev–Trinajstić information content (AvgIpc) is 3.39. The molecule has 5 rings (SSSR count). The van der Waals surface area contributed by atoms with Gasteiger partial charge in [0.1, 0.15) is 11.6 Å². The minimum Gasteiger partial charge on any atom is -0.361 e. The largest absolute Gasteiger partial charge is 0.361 e. The molecule has 0 saturated carbocycles. The molecule has 2 heterocycles. The molecule has 0 spiro atoms. The van der Waals surface area contributed by atoms with E-state index in [-0.39, 0.29) is 5.82 Å². The highest BCUT2D eigenvalue weighted by Crippen LogP contribution is 2.22. The molecule has 4 heteroatoms. The molecule has 0 bridgehead atoms. The van der Waals surface area contributed by atoms with Crippen LogP contribution in [0.4, 0.5) is 4.39 Å². The molecular formula is C26H24FN3. The first-order valence-electron chi connectivity index (χ1n) is 10.6. The standard InChI is InChI=1S/C26H24FN3/c27-22-10-12-25-24(16-22)21(17-29-25)5-2-6-26-28-14-13-23(30-26)11-8-18-7-9-19-3-1-4-20(19)15-18/h1,4,7,9-10,12-17,29H,2-3,5-6,8,11H2. The number of halogens is 1. The van der Waals surface area contributed by atoms with Gasteiger partial charge in [0.05, 0.1) is 0 Å². The van der Waals surface area contributed by atoms with Crippen LogP contribution >= 0.6 is 0 Å². The van der Waals surface area contributed by atoms with Crippen molar-refractivity contribution in [1.82, 2.24) is 15.0 Å². The van der Waals surface area contributed by atoms with E-state index in [1.54, 1.807) is 12.1 Å². The van der Waals surface area contributed by atoms with E-state index in [4.69, 9.17) is 4.98 Å². The van der Waals surface area contributed by atoms with Crippen molar-refractivity contribution in [2.75, 3.05) is 0 Å². The van der Waals surface area contributed by atoms with Crippen LogP contribution in [0.5, 0.6) is 0 Å². The number of fused-ring (bicyclic) bond motifs is 2. The number of hydrogen-bond acceptors (Lipinski definition) is 2. The monoisotopic (exact) mass is 397 g/mol. The maximum Gasteiger partial charge on any atom is 0.128 e. The van der Waals surface area contributed by atoms with Crippen molar-refractivity contribution in [3.05, 3.63) is 101 Å². The van der Waals surface area contributed by atoms with Gasteiger partial charge in [-0.05, 0) is 78.6 Å². The van der Waals surface area contributed by atoms with Gasteiger partial charge in [0.2, 0.25) is 0 Å². The van der Waals surface area contributed by atoms with Crippen molar-refractivity contribution in [2.45, 2.75) is 38.5 Å². The highest BCUT2D eigenvalue weighted by atomic mass is 19.1. The van der Waals surface area contributed by atoms with Crippen LogP contribution in [0.1, 0.15) is 40.2 Å². The summed E-state index contributed by atoms with van der Waals surface area (Å²) in [5.74, 6) is 0.689. The molecule has 2 aromatic heterocycles. The van der Waals surface area contributed by atoms with Gasteiger partial charge in [0, 0.05) is 35.4 Å².